The van der Waals surface area contributed by atoms with Gasteiger partial charge in [-0.1, -0.05) is 105 Å². The van der Waals surface area contributed by atoms with E-state index >= 15 is 0 Å². The molecular weight excluding hydrogens is 589 g/mol. The van der Waals surface area contributed by atoms with Gasteiger partial charge in [-0.15, -0.1) is 0 Å². The van der Waals surface area contributed by atoms with Crippen LogP contribution in [0.15, 0.2) is 66.6 Å². The quantitative estimate of drug-likeness (QED) is 0.166. The van der Waals surface area contributed by atoms with Crippen LogP contribution in [-0.2, 0) is 14.3 Å². The van der Waals surface area contributed by atoms with Gasteiger partial charge in [-0.3, -0.25) is 9.59 Å². The smallest absolute Gasteiger partial charge is 0.333 e. The molecule has 3 aromatic rings. The summed E-state index contributed by atoms with van der Waals surface area (Å²) in [6.07, 6.45) is 1.46. The number of nitrogens with one attached hydrogen (secondary N) is 1. The molecule has 1 atom stereocenters. The zero-order valence-electron chi connectivity index (χ0n) is 27.5. The highest BCUT2D eigenvalue weighted by Crippen LogP contribution is 2.30. The molecule has 0 aliphatic rings. The largest absolute Gasteiger partial charge is 0.493 e. The molecule has 0 unspecified atom stereocenters. The van der Waals surface area contributed by atoms with Crippen LogP contribution in [0.25, 0.3) is 5.57 Å². The third-order valence-corrected chi connectivity index (χ3v) is 11.3. The molecule has 0 bridgehead atoms. The van der Waals surface area contributed by atoms with E-state index in [2.05, 4.69) is 98.1 Å². The van der Waals surface area contributed by atoms with Crippen molar-refractivity contribution in [1.29, 1.82) is 0 Å². The predicted molar refractivity (Wildman–Crippen MR) is 180 cm³/mol. The maximum absolute atomic E-state index is 13.3. The van der Waals surface area contributed by atoms with Crippen LogP contribution in [0.2, 0.25) is 39.3 Å². The lowest BCUT2D eigenvalue weighted by Gasteiger charge is -2.21. The lowest BCUT2D eigenvalue weighted by molar-refractivity contribution is -0.141. The van der Waals surface area contributed by atoms with E-state index in [-0.39, 0.29) is 23.6 Å². The molecular formula is C34H44N2O6Si2. The third kappa shape index (κ3) is 8.54. The third-order valence-electron chi connectivity index (χ3n) is 7.19. The van der Waals surface area contributed by atoms with Gasteiger partial charge in [0.1, 0.15) is 11.8 Å². The number of allylic oxidation sites excluding steroid dienone is 1. The summed E-state index contributed by atoms with van der Waals surface area (Å²) in [6, 6.07) is 17.4. The molecule has 0 saturated heterocycles. The zero-order valence-corrected chi connectivity index (χ0v) is 29.5. The van der Waals surface area contributed by atoms with E-state index < -0.39 is 40.0 Å². The van der Waals surface area contributed by atoms with Gasteiger partial charge in [-0.05, 0) is 25.0 Å². The Balaban J connectivity index is 1.93. The van der Waals surface area contributed by atoms with Crippen molar-refractivity contribution in [3.8, 4) is 11.5 Å². The Morgan fingerprint density at radius 2 is 1.34 bits per heavy atom. The summed E-state index contributed by atoms with van der Waals surface area (Å²) >= 11 is 0. The van der Waals surface area contributed by atoms with Crippen molar-refractivity contribution in [3.63, 3.8) is 0 Å². The van der Waals surface area contributed by atoms with Crippen LogP contribution in [-0.4, -0.2) is 52.1 Å². The standard InChI is InChI=1S/C34H44N2O6Si2/c1-11-29(37)42-32-28(40-4)20-21-35-31(32)33(38)36-22(2)34(39)41-23(3)30(24-12-16-26(17-13-24)43(5,6)7)25-14-18-27(19-15-25)44(8,9)10/h12-22H,11H2,1-10H3,(H,36,38)/t22-/m0/s1. The van der Waals surface area contributed by atoms with E-state index in [1.807, 2.05) is 0 Å². The Bertz CT molecular complexity index is 1480. The summed E-state index contributed by atoms with van der Waals surface area (Å²) in [4.78, 5) is 42.5. The fourth-order valence-corrected chi connectivity index (χ4v) is 6.83. The molecule has 1 N–H and O–H groups in total. The number of amides is 1. The lowest BCUT2D eigenvalue weighted by atomic mass is 9.97. The highest BCUT2D eigenvalue weighted by atomic mass is 28.3. The van der Waals surface area contributed by atoms with E-state index in [1.54, 1.807) is 13.8 Å². The van der Waals surface area contributed by atoms with E-state index in [4.69, 9.17) is 14.2 Å². The van der Waals surface area contributed by atoms with Gasteiger partial charge in [0, 0.05) is 24.3 Å². The number of methoxy groups -OCH3 is 1. The first kappa shape index (κ1) is 34.5. The van der Waals surface area contributed by atoms with Gasteiger partial charge < -0.3 is 19.5 Å². The Kier molecular flexibility index (Phi) is 11.1. The second kappa shape index (κ2) is 14.2. The SMILES string of the molecule is CCC(=O)Oc1c(OC)ccnc1C(=O)N[C@@H](C)C(=O)OC(C)=C(c1ccc([Si](C)(C)C)cc1)c1ccc([Si](C)(C)C)cc1. The molecule has 0 aliphatic heterocycles. The van der Waals surface area contributed by atoms with Crippen molar-refractivity contribution in [3.05, 3.63) is 83.4 Å². The molecule has 3 rings (SSSR count). The molecule has 1 amide bonds. The Morgan fingerprint density at radius 3 is 1.77 bits per heavy atom. The highest BCUT2D eigenvalue weighted by Gasteiger charge is 2.26. The summed E-state index contributed by atoms with van der Waals surface area (Å²) in [6.45, 7) is 18.7. The minimum absolute atomic E-state index is 0.0948. The van der Waals surface area contributed by atoms with Crippen LogP contribution in [0, 0.1) is 0 Å². The molecule has 0 saturated carbocycles. The number of benzene rings is 2. The van der Waals surface area contributed by atoms with Crippen molar-refractivity contribution in [1.82, 2.24) is 10.3 Å². The first-order valence-corrected chi connectivity index (χ1v) is 21.8. The van der Waals surface area contributed by atoms with Gasteiger partial charge in [0.05, 0.1) is 23.3 Å². The Morgan fingerprint density at radius 1 is 0.841 bits per heavy atom. The molecule has 234 valence electrons. The zero-order chi connectivity index (χ0) is 32.8. The molecule has 2 aromatic carbocycles. The molecule has 0 radical (unpaired) electrons. The van der Waals surface area contributed by atoms with Gasteiger partial charge in [-0.25, -0.2) is 9.78 Å². The van der Waals surface area contributed by atoms with Crippen LogP contribution in [0.1, 0.15) is 48.8 Å². The number of hydrogen-bond donors (Lipinski definition) is 1. The average Bonchev–Trinajstić information content (AvgIpc) is 2.96. The minimum Gasteiger partial charge on any atom is -0.493 e. The predicted octanol–water partition coefficient (Wildman–Crippen LogP) is 5.64. The molecule has 8 nitrogen and oxygen atoms in total. The van der Waals surface area contributed by atoms with Crippen molar-refractivity contribution in [2.75, 3.05) is 7.11 Å². The lowest BCUT2D eigenvalue weighted by Crippen LogP contribution is -2.40. The Labute approximate surface area is 262 Å². The van der Waals surface area contributed by atoms with Crippen LogP contribution in [0.4, 0.5) is 0 Å². The topological polar surface area (TPSA) is 104 Å². The number of aromatic nitrogens is 1. The number of esters is 2. The summed E-state index contributed by atoms with van der Waals surface area (Å²) in [5.74, 6) is -1.44. The van der Waals surface area contributed by atoms with Gasteiger partial charge >= 0.3 is 11.9 Å². The molecule has 1 aromatic heterocycles. The second-order valence-corrected chi connectivity index (χ2v) is 22.9. The molecule has 0 fully saturated rings. The first-order valence-electron chi connectivity index (χ1n) is 14.8. The Hall–Kier alpha value is -4.03. The van der Waals surface area contributed by atoms with Crippen molar-refractivity contribution < 1.29 is 28.6 Å². The normalized spacial score (nSPS) is 12.1. The summed E-state index contributed by atoms with van der Waals surface area (Å²) in [5.41, 5.74) is 2.48. The van der Waals surface area contributed by atoms with E-state index in [0.29, 0.717) is 5.76 Å². The molecule has 0 spiro atoms. The molecule has 0 aliphatic carbocycles. The van der Waals surface area contributed by atoms with Crippen LogP contribution in [0.5, 0.6) is 11.5 Å². The van der Waals surface area contributed by atoms with Crippen LogP contribution in [0.3, 0.4) is 0 Å². The second-order valence-electron chi connectivity index (χ2n) is 12.7. The number of rotatable bonds is 11. The van der Waals surface area contributed by atoms with Gasteiger partial charge in [0.2, 0.25) is 5.75 Å². The van der Waals surface area contributed by atoms with Gasteiger partial charge in [0.25, 0.3) is 5.91 Å². The van der Waals surface area contributed by atoms with Crippen LogP contribution < -0.4 is 25.2 Å². The number of ether oxygens (including phenoxy) is 3. The van der Waals surface area contributed by atoms with Gasteiger partial charge in [0.15, 0.2) is 11.4 Å². The first-order chi connectivity index (χ1) is 20.6. The minimum atomic E-state index is -1.51. The fourth-order valence-electron chi connectivity index (χ4n) is 4.50. The molecule has 1 heterocycles. The number of hydrogen-bond acceptors (Lipinski definition) is 7. The molecule has 44 heavy (non-hydrogen) atoms. The summed E-state index contributed by atoms with van der Waals surface area (Å²) < 4.78 is 16.5. The fraction of sp³-hybridized carbons (Fsp3) is 0.353. The monoisotopic (exact) mass is 632 g/mol. The van der Waals surface area contributed by atoms with Crippen molar-refractivity contribution >= 4 is 49.9 Å². The van der Waals surface area contributed by atoms with Crippen LogP contribution >= 0.6 is 0 Å². The maximum Gasteiger partial charge on any atom is 0.333 e. The highest BCUT2D eigenvalue weighted by molar-refractivity contribution is 6.89. The average molecular weight is 633 g/mol. The number of pyridine rings is 1. The van der Waals surface area contributed by atoms with Crippen molar-refractivity contribution in [2.24, 2.45) is 0 Å². The summed E-state index contributed by atoms with van der Waals surface area (Å²) in [5, 5.41) is 5.27. The van der Waals surface area contributed by atoms with E-state index in [0.717, 1.165) is 16.7 Å². The van der Waals surface area contributed by atoms with Gasteiger partial charge in [-0.2, -0.15) is 0 Å². The number of nitrogens with zero attached hydrogens (tertiary/aromatic N) is 1. The molecule has 10 heteroatoms. The van der Waals surface area contributed by atoms with E-state index in [9.17, 15) is 14.4 Å². The maximum atomic E-state index is 13.3. The number of carbonyl (C=O) groups excluding carboxylic acids is 3. The van der Waals surface area contributed by atoms with E-state index in [1.165, 1.54) is 36.7 Å². The summed E-state index contributed by atoms with van der Waals surface area (Å²) in [7, 11) is -1.63. The number of carbonyl (C=O) groups is 3. The van der Waals surface area contributed by atoms with Crippen molar-refractivity contribution in [2.45, 2.75) is 72.5 Å².